The molecule has 2 aromatic rings. The number of carbonyl (C=O) groups excluding carboxylic acids is 1. The molecule has 0 aromatic heterocycles. The summed E-state index contributed by atoms with van der Waals surface area (Å²) in [4.78, 5) is 14.6. The average molecular weight is 355 g/mol. The number of ether oxygens (including phenoxy) is 2. The zero-order valence-electron chi connectivity index (χ0n) is 14.9. The Kier molecular flexibility index (Phi) is 5.56. The predicted octanol–water partition coefficient (Wildman–Crippen LogP) is 4.05. The number of nitrogens with zero attached hydrogens (tertiary/aromatic N) is 1. The molecule has 1 aliphatic rings. The fraction of sp³-hybridized carbons (Fsp3) is 0.286. The highest BCUT2D eigenvalue weighted by atomic mass is 19.1. The highest BCUT2D eigenvalue weighted by Crippen LogP contribution is 2.32. The molecule has 4 nitrogen and oxygen atoms in total. The van der Waals surface area contributed by atoms with E-state index in [1.165, 1.54) is 18.2 Å². The van der Waals surface area contributed by atoms with Crippen molar-refractivity contribution in [3.63, 3.8) is 0 Å². The fourth-order valence-corrected chi connectivity index (χ4v) is 2.80. The van der Waals surface area contributed by atoms with E-state index in [4.69, 9.17) is 9.47 Å². The molecule has 0 spiro atoms. The number of amides is 1. The van der Waals surface area contributed by atoms with Gasteiger partial charge in [-0.3, -0.25) is 4.79 Å². The molecule has 0 N–H and O–H groups in total. The molecule has 0 heterocycles. The summed E-state index contributed by atoms with van der Waals surface area (Å²) >= 11 is 0. The maximum atomic E-state index is 13.0. The van der Waals surface area contributed by atoms with Crippen LogP contribution in [0.3, 0.4) is 0 Å². The molecule has 0 radical (unpaired) electrons. The van der Waals surface area contributed by atoms with Gasteiger partial charge in [-0.15, -0.1) is 0 Å². The van der Waals surface area contributed by atoms with Crippen molar-refractivity contribution in [1.82, 2.24) is 4.90 Å². The smallest absolute Gasteiger partial charge is 0.247 e. The van der Waals surface area contributed by atoms with E-state index < -0.39 is 0 Å². The van der Waals surface area contributed by atoms with Crippen LogP contribution in [-0.4, -0.2) is 31.1 Å². The SMILES string of the molecule is COc1ccc(OC)c(CN(C(=O)/C=C/c2ccc(F)cc2)C2CC2)c1. The summed E-state index contributed by atoms with van der Waals surface area (Å²) in [6.45, 7) is 0.456. The lowest BCUT2D eigenvalue weighted by Crippen LogP contribution is -2.31. The molecule has 0 atom stereocenters. The van der Waals surface area contributed by atoms with Crippen LogP contribution in [0, 0.1) is 5.82 Å². The second-order valence-corrected chi connectivity index (χ2v) is 6.26. The second-order valence-electron chi connectivity index (χ2n) is 6.26. The minimum atomic E-state index is -0.293. The van der Waals surface area contributed by atoms with E-state index in [0.29, 0.717) is 6.54 Å². The van der Waals surface area contributed by atoms with Crippen LogP contribution in [0.4, 0.5) is 4.39 Å². The summed E-state index contributed by atoms with van der Waals surface area (Å²) in [7, 11) is 3.23. The first-order valence-corrected chi connectivity index (χ1v) is 8.56. The molecular weight excluding hydrogens is 333 g/mol. The van der Waals surface area contributed by atoms with Crippen LogP contribution in [0.1, 0.15) is 24.0 Å². The van der Waals surface area contributed by atoms with Crippen LogP contribution < -0.4 is 9.47 Å². The third-order valence-electron chi connectivity index (χ3n) is 4.39. The van der Waals surface area contributed by atoms with Gasteiger partial charge in [0.25, 0.3) is 0 Å². The molecule has 1 saturated carbocycles. The van der Waals surface area contributed by atoms with Crippen molar-refractivity contribution in [2.24, 2.45) is 0 Å². The highest BCUT2D eigenvalue weighted by molar-refractivity contribution is 5.92. The number of methoxy groups -OCH3 is 2. The zero-order valence-corrected chi connectivity index (χ0v) is 14.9. The van der Waals surface area contributed by atoms with Crippen LogP contribution in [0.2, 0.25) is 0 Å². The van der Waals surface area contributed by atoms with Gasteiger partial charge in [0.15, 0.2) is 0 Å². The largest absolute Gasteiger partial charge is 0.497 e. The van der Waals surface area contributed by atoms with Gasteiger partial charge in [-0.1, -0.05) is 12.1 Å². The molecule has 0 bridgehead atoms. The molecule has 1 amide bonds. The first kappa shape index (κ1) is 18.0. The first-order valence-electron chi connectivity index (χ1n) is 8.56. The van der Waals surface area contributed by atoms with Gasteiger partial charge >= 0.3 is 0 Å². The summed E-state index contributed by atoms with van der Waals surface area (Å²) < 4.78 is 23.7. The first-order chi connectivity index (χ1) is 12.6. The number of benzene rings is 2. The quantitative estimate of drug-likeness (QED) is 0.704. The van der Waals surface area contributed by atoms with Crippen molar-refractivity contribution in [2.45, 2.75) is 25.4 Å². The summed E-state index contributed by atoms with van der Waals surface area (Å²) in [6, 6.07) is 11.9. The van der Waals surface area contributed by atoms with E-state index in [1.54, 1.807) is 32.4 Å². The van der Waals surface area contributed by atoms with E-state index in [1.807, 2.05) is 23.1 Å². The van der Waals surface area contributed by atoms with E-state index in [-0.39, 0.29) is 17.8 Å². The van der Waals surface area contributed by atoms with Crippen LogP contribution in [0.15, 0.2) is 48.5 Å². The van der Waals surface area contributed by atoms with E-state index in [2.05, 4.69) is 0 Å². The summed E-state index contributed by atoms with van der Waals surface area (Å²) in [5.41, 5.74) is 1.69. The molecular formula is C21H22FNO3. The van der Waals surface area contributed by atoms with E-state index in [9.17, 15) is 9.18 Å². The lowest BCUT2D eigenvalue weighted by Gasteiger charge is -2.22. The maximum absolute atomic E-state index is 13.0. The third kappa shape index (κ3) is 4.42. The Morgan fingerprint density at radius 3 is 2.50 bits per heavy atom. The van der Waals surface area contributed by atoms with Crippen LogP contribution in [0.5, 0.6) is 11.5 Å². The van der Waals surface area contributed by atoms with E-state index in [0.717, 1.165) is 35.5 Å². The fourth-order valence-electron chi connectivity index (χ4n) is 2.80. The van der Waals surface area contributed by atoms with Crippen molar-refractivity contribution in [3.05, 3.63) is 65.5 Å². The lowest BCUT2D eigenvalue weighted by atomic mass is 10.1. The third-order valence-corrected chi connectivity index (χ3v) is 4.39. The monoisotopic (exact) mass is 355 g/mol. The topological polar surface area (TPSA) is 38.8 Å². The average Bonchev–Trinajstić information content (AvgIpc) is 3.50. The number of halogens is 1. The van der Waals surface area contributed by atoms with Crippen LogP contribution >= 0.6 is 0 Å². The Balaban J connectivity index is 1.77. The normalized spacial score (nSPS) is 13.7. The lowest BCUT2D eigenvalue weighted by molar-refractivity contribution is -0.127. The minimum absolute atomic E-state index is 0.0679. The molecule has 5 heteroatoms. The molecule has 136 valence electrons. The van der Waals surface area contributed by atoms with Crippen molar-refractivity contribution < 1.29 is 18.7 Å². The Morgan fingerprint density at radius 2 is 1.88 bits per heavy atom. The standard InChI is InChI=1S/C21H22FNO3/c1-25-19-10-11-20(26-2)16(13-19)14-23(18-8-9-18)21(24)12-5-15-3-6-17(22)7-4-15/h3-7,10-13,18H,8-9,14H2,1-2H3/b12-5+. The van der Waals surface area contributed by atoms with Gasteiger partial charge in [0.05, 0.1) is 20.8 Å². The summed E-state index contributed by atoms with van der Waals surface area (Å²) in [5.74, 6) is 1.09. The van der Waals surface area contributed by atoms with E-state index >= 15 is 0 Å². The molecule has 26 heavy (non-hydrogen) atoms. The Bertz CT molecular complexity index is 797. The second kappa shape index (κ2) is 8.04. The number of hydrogen-bond acceptors (Lipinski definition) is 3. The van der Waals surface area contributed by atoms with Gasteiger partial charge in [0, 0.05) is 17.7 Å². The summed E-state index contributed by atoms with van der Waals surface area (Å²) in [5, 5.41) is 0. The Hall–Kier alpha value is -2.82. The number of carbonyl (C=O) groups is 1. The molecule has 0 aliphatic heterocycles. The Labute approximate surface area is 152 Å². The molecule has 1 fully saturated rings. The highest BCUT2D eigenvalue weighted by Gasteiger charge is 2.32. The number of rotatable bonds is 7. The minimum Gasteiger partial charge on any atom is -0.497 e. The van der Waals surface area contributed by atoms with Gasteiger partial charge in [-0.25, -0.2) is 4.39 Å². The van der Waals surface area contributed by atoms with Crippen LogP contribution in [-0.2, 0) is 11.3 Å². The van der Waals surface area contributed by atoms with Crippen molar-refractivity contribution in [2.75, 3.05) is 14.2 Å². The molecule has 2 aromatic carbocycles. The van der Waals surface area contributed by atoms with Crippen molar-refractivity contribution >= 4 is 12.0 Å². The molecule has 1 aliphatic carbocycles. The van der Waals surface area contributed by atoms with Gasteiger partial charge < -0.3 is 14.4 Å². The molecule has 0 unspecified atom stereocenters. The zero-order chi connectivity index (χ0) is 18.5. The Morgan fingerprint density at radius 1 is 1.15 bits per heavy atom. The van der Waals surface area contributed by atoms with Gasteiger partial charge in [0.1, 0.15) is 17.3 Å². The number of hydrogen-bond donors (Lipinski definition) is 0. The van der Waals surface area contributed by atoms with Gasteiger partial charge in [-0.05, 0) is 54.8 Å². The van der Waals surface area contributed by atoms with Gasteiger partial charge in [-0.2, -0.15) is 0 Å². The molecule has 0 saturated heterocycles. The predicted molar refractivity (Wildman–Crippen MR) is 98.6 cm³/mol. The maximum Gasteiger partial charge on any atom is 0.247 e. The molecule has 3 rings (SSSR count). The van der Waals surface area contributed by atoms with Crippen molar-refractivity contribution in [1.29, 1.82) is 0 Å². The van der Waals surface area contributed by atoms with Crippen molar-refractivity contribution in [3.8, 4) is 11.5 Å². The van der Waals surface area contributed by atoms with Gasteiger partial charge in [0.2, 0.25) is 5.91 Å². The summed E-state index contributed by atoms with van der Waals surface area (Å²) in [6.07, 6.45) is 5.25. The van der Waals surface area contributed by atoms with Crippen LogP contribution in [0.25, 0.3) is 6.08 Å².